The molecule has 0 N–H and O–H groups in total. The molecule has 0 fully saturated rings. The third kappa shape index (κ3) is 19.5. The van der Waals surface area contributed by atoms with Crippen LogP contribution < -0.4 is 0 Å². The van der Waals surface area contributed by atoms with E-state index in [0.29, 0.717) is 0 Å². The van der Waals surface area contributed by atoms with E-state index in [1.54, 1.807) is 0 Å². The molecule has 0 atom stereocenters. The van der Waals surface area contributed by atoms with Crippen molar-refractivity contribution in [1.82, 2.24) is 0 Å². The van der Waals surface area contributed by atoms with Gasteiger partial charge in [0.1, 0.15) is 44.7 Å². The average Bonchev–Trinajstić information content (AvgIpc) is 3.93. The molecule has 0 aliphatic rings. The standard InChI is InChI=1S/C22H18O2.C21H16O2.2C2H6.4CH3.10Y/c1-3-13-5-7-19-15(9-13)17-11-22-18(12-21(17)23-19)16-10-14(4-2)6-8-20(16)24-22;1-3-13-5-7-19-15(9-13)17-11-20-16(10-21(17)23-19)14-8-12(2)4-6-18(14)22-20;2*1-2;;;;;;;;;;;;;;/h5-12H,3-4H2,1-2H3;4-11H,3H2,1-2H3;2*1-2H3;4*1H3;;;;;;;;;;/q;;;;4*-1;;;;;;;;;;. The number of hydrogen-bond acceptors (Lipinski definition) is 4. The first-order chi connectivity index (χ1) is 25.0. The van der Waals surface area contributed by atoms with Crippen LogP contribution in [0, 0.1) is 36.6 Å². The number of benzene rings is 6. The van der Waals surface area contributed by atoms with Crippen LogP contribution in [0.15, 0.2) is 115 Å². The second-order valence-electron chi connectivity index (χ2n) is 12.6. The molecule has 65 heavy (non-hydrogen) atoms. The van der Waals surface area contributed by atoms with E-state index < -0.39 is 0 Å². The van der Waals surface area contributed by atoms with Crippen LogP contribution in [-0.2, 0) is 346 Å². The van der Waals surface area contributed by atoms with E-state index in [0.717, 1.165) is 96.2 Å². The van der Waals surface area contributed by atoms with Gasteiger partial charge in [-0.05, 0) is 116 Å². The predicted octanol–water partition coefficient (Wildman–Crippen LogP) is 16.8. The molecule has 10 rings (SSSR count). The summed E-state index contributed by atoms with van der Waals surface area (Å²) in [7, 11) is 0. The van der Waals surface area contributed by atoms with Crippen molar-refractivity contribution in [3.8, 4) is 0 Å². The molecule has 4 aromatic heterocycles. The van der Waals surface area contributed by atoms with Gasteiger partial charge in [0.25, 0.3) is 0 Å². The molecule has 0 aliphatic carbocycles. The molecule has 0 unspecified atom stereocenters. The number of aryl methyl sites for hydroxylation is 4. The van der Waals surface area contributed by atoms with Crippen LogP contribution in [0.1, 0.15) is 70.7 Å². The van der Waals surface area contributed by atoms with Crippen LogP contribution in [0.2, 0.25) is 0 Å². The first-order valence-corrected chi connectivity index (χ1v) is 18.6. The van der Waals surface area contributed by atoms with Gasteiger partial charge in [-0.15, -0.1) is 0 Å². The van der Waals surface area contributed by atoms with Crippen molar-refractivity contribution in [1.29, 1.82) is 0 Å². The van der Waals surface area contributed by atoms with Crippen LogP contribution in [0.4, 0.5) is 0 Å². The molecule has 0 spiro atoms. The Balaban J connectivity index is -0.000000129. The molecule has 0 aliphatic heterocycles. The summed E-state index contributed by atoms with van der Waals surface area (Å²) in [6, 6.07) is 34.1. The molecule has 0 saturated carbocycles. The van der Waals surface area contributed by atoms with E-state index in [9.17, 15) is 0 Å². The van der Waals surface area contributed by atoms with Crippen LogP contribution >= 0.6 is 0 Å². The minimum atomic E-state index is 0. The average molecular weight is 1620 g/mol. The zero-order valence-corrected chi connectivity index (χ0v) is 69.1. The van der Waals surface area contributed by atoms with Gasteiger partial charge in [-0.3, -0.25) is 0 Å². The van der Waals surface area contributed by atoms with Crippen LogP contribution in [0.25, 0.3) is 87.8 Å². The minimum Gasteiger partial charge on any atom is -0.456 e. The van der Waals surface area contributed by atoms with Gasteiger partial charge in [0.05, 0.1) is 0 Å². The van der Waals surface area contributed by atoms with E-state index >= 15 is 0 Å². The first-order valence-electron chi connectivity index (χ1n) is 18.6. The SMILES string of the molecule is CC.CC.CCc1ccc2oc3cc4c(cc3c2c1)oc1ccc(C)cc14.CCc1ccc2oc3cc4c(cc3c2c1)oc1ccc(CC)cc14.[CH3-].[CH3-].[CH3-].[CH3-].[Y].[Y].[Y].[Y].[Y].[Y].[Y].[Y].[Y].[Y]. The van der Waals surface area contributed by atoms with Gasteiger partial charge in [0.2, 0.25) is 0 Å². The van der Waals surface area contributed by atoms with Gasteiger partial charge >= 0.3 is 0 Å². The number of rotatable bonds is 3. The fourth-order valence-corrected chi connectivity index (χ4v) is 7.01. The molecule has 10 radical (unpaired) electrons. The Labute approximate surface area is 641 Å². The molecule has 10 aromatic rings. The summed E-state index contributed by atoms with van der Waals surface area (Å²) in [5.41, 5.74) is 12.6. The quantitative estimate of drug-likeness (QED) is 0.165. The van der Waals surface area contributed by atoms with Crippen molar-refractivity contribution < 1.29 is 345 Å². The maximum absolute atomic E-state index is 6.09. The fraction of sp³-hybridized carbons (Fsp3) is 0.216. The summed E-state index contributed by atoms with van der Waals surface area (Å²) in [6.45, 7) is 16.6. The molecule has 4 nitrogen and oxygen atoms in total. The Hall–Kier alpha value is 5.56. The molecule has 0 bridgehead atoms. The van der Waals surface area contributed by atoms with Crippen molar-refractivity contribution in [3.63, 3.8) is 0 Å². The smallest absolute Gasteiger partial charge is 0.136 e. The summed E-state index contributed by atoms with van der Waals surface area (Å²) in [6.07, 6.45) is 3.07. The van der Waals surface area contributed by atoms with Gasteiger partial charge in [-0.2, -0.15) is 0 Å². The third-order valence-electron chi connectivity index (χ3n) is 9.70. The summed E-state index contributed by atoms with van der Waals surface area (Å²) >= 11 is 0. The molecule has 320 valence electrons. The predicted molar refractivity (Wildman–Crippen MR) is 243 cm³/mol. The molecule has 14 heteroatoms. The Kier molecular flexibility index (Phi) is 55.9. The molecule has 0 saturated heterocycles. The zero-order chi connectivity index (χ0) is 35.8. The van der Waals surface area contributed by atoms with Crippen molar-refractivity contribution in [2.45, 2.75) is 74.7 Å². The minimum absolute atomic E-state index is 0. The monoisotopic (exact) mass is 1620 g/mol. The van der Waals surface area contributed by atoms with Gasteiger partial charge in [0.15, 0.2) is 0 Å². The maximum atomic E-state index is 6.09. The maximum Gasteiger partial charge on any atom is 0.136 e. The van der Waals surface area contributed by atoms with Crippen LogP contribution in [0.3, 0.4) is 0 Å². The molecular formula is C51H58O4Y10-4. The molecule has 6 aromatic carbocycles. The van der Waals surface area contributed by atoms with Gasteiger partial charge in [0, 0.05) is 370 Å². The second-order valence-corrected chi connectivity index (χ2v) is 12.6. The Morgan fingerprint density at radius 1 is 0.277 bits per heavy atom. The van der Waals surface area contributed by atoms with Crippen molar-refractivity contribution in [2.75, 3.05) is 0 Å². The van der Waals surface area contributed by atoms with Gasteiger partial charge in [-0.25, -0.2) is 0 Å². The number of hydrogen-bond donors (Lipinski definition) is 0. The van der Waals surface area contributed by atoms with Gasteiger partial charge < -0.3 is 47.4 Å². The largest absolute Gasteiger partial charge is 0.456 e. The molecule has 4 heterocycles. The zero-order valence-electron chi connectivity index (χ0n) is 40.8. The van der Waals surface area contributed by atoms with Crippen LogP contribution in [0.5, 0.6) is 0 Å². The first kappa shape index (κ1) is 87.2. The summed E-state index contributed by atoms with van der Waals surface area (Å²) < 4.78 is 24.3. The number of fused-ring (bicyclic) bond motifs is 12. The second kappa shape index (κ2) is 41.7. The Morgan fingerprint density at radius 2 is 0.477 bits per heavy atom. The van der Waals surface area contributed by atoms with E-state index in [4.69, 9.17) is 17.7 Å². The van der Waals surface area contributed by atoms with E-state index in [1.165, 1.54) is 33.0 Å². The summed E-state index contributed by atoms with van der Waals surface area (Å²) in [5.74, 6) is 0. The Bertz CT molecular complexity index is 2760. The van der Waals surface area contributed by atoms with E-state index in [1.807, 2.05) is 33.8 Å². The van der Waals surface area contributed by atoms with Gasteiger partial charge in [-0.1, -0.05) is 78.3 Å². The topological polar surface area (TPSA) is 52.6 Å². The Morgan fingerprint density at radius 3 is 0.708 bits per heavy atom. The third-order valence-corrected chi connectivity index (χ3v) is 9.70. The molecular weight excluding hydrogens is 1570 g/mol. The van der Waals surface area contributed by atoms with E-state index in [2.05, 4.69) is 119 Å². The van der Waals surface area contributed by atoms with Crippen molar-refractivity contribution in [3.05, 3.63) is 149 Å². The molecule has 0 amide bonds. The summed E-state index contributed by atoms with van der Waals surface area (Å²) in [5, 5.41) is 9.14. The normalized spacial score (nSPS) is 8.92. The van der Waals surface area contributed by atoms with Crippen molar-refractivity contribution in [2.24, 2.45) is 0 Å². The van der Waals surface area contributed by atoms with E-state index in [-0.39, 0.29) is 357 Å². The fourth-order valence-electron chi connectivity index (χ4n) is 7.01. The number of furan rings is 4. The summed E-state index contributed by atoms with van der Waals surface area (Å²) in [4.78, 5) is 0. The van der Waals surface area contributed by atoms with Crippen molar-refractivity contribution >= 4 is 87.8 Å². The van der Waals surface area contributed by atoms with Crippen LogP contribution in [-0.4, -0.2) is 0 Å².